The Bertz CT molecular complexity index is 699. The molecule has 0 saturated heterocycles. The lowest BCUT2D eigenvalue weighted by molar-refractivity contribution is 0.0769. The van der Waals surface area contributed by atoms with Gasteiger partial charge in [-0.05, 0) is 36.4 Å². The van der Waals surface area contributed by atoms with Gasteiger partial charge in [-0.2, -0.15) is 0 Å². The van der Waals surface area contributed by atoms with Gasteiger partial charge in [0.2, 0.25) is 0 Å². The van der Waals surface area contributed by atoms with Crippen LogP contribution < -0.4 is 18.9 Å². The van der Waals surface area contributed by atoms with E-state index in [1.165, 1.54) is 7.11 Å². The number of carbonyl (C=O) groups is 1. The molecule has 1 amide bonds. The van der Waals surface area contributed by atoms with Crippen molar-refractivity contribution in [2.75, 3.05) is 41.5 Å². The molecule has 134 valence electrons. The Balaban J connectivity index is 1.96. The number of para-hydroxylation sites is 1. The van der Waals surface area contributed by atoms with Crippen molar-refractivity contribution in [3.8, 4) is 23.0 Å². The summed E-state index contributed by atoms with van der Waals surface area (Å²) in [6.45, 7) is 0.812. The third-order valence-corrected chi connectivity index (χ3v) is 3.73. The number of carbonyl (C=O) groups excluding carboxylic acids is 1. The number of ether oxygens (including phenoxy) is 4. The highest BCUT2D eigenvalue weighted by Crippen LogP contribution is 2.31. The quantitative estimate of drug-likeness (QED) is 0.736. The maximum Gasteiger partial charge on any atom is 0.257 e. The number of methoxy groups -OCH3 is 3. The fraction of sp³-hybridized carbons (Fsp3) is 0.316. The first-order valence-electron chi connectivity index (χ1n) is 7.84. The Hall–Kier alpha value is -2.89. The predicted octanol–water partition coefficient (Wildman–Crippen LogP) is 2.86. The molecule has 0 fully saturated rings. The minimum absolute atomic E-state index is 0.158. The monoisotopic (exact) mass is 345 g/mol. The van der Waals surface area contributed by atoms with E-state index in [4.69, 9.17) is 18.9 Å². The van der Waals surface area contributed by atoms with Gasteiger partial charge in [0.15, 0.2) is 11.5 Å². The van der Waals surface area contributed by atoms with Crippen LogP contribution >= 0.6 is 0 Å². The molecule has 0 aliphatic heterocycles. The van der Waals surface area contributed by atoms with E-state index in [9.17, 15) is 4.79 Å². The molecular formula is C19H23NO5. The molecule has 0 unspecified atom stereocenters. The van der Waals surface area contributed by atoms with Crippen LogP contribution in [-0.4, -0.2) is 52.3 Å². The number of nitrogens with zero attached hydrogens (tertiary/aromatic N) is 1. The van der Waals surface area contributed by atoms with E-state index in [1.807, 2.05) is 24.3 Å². The lowest BCUT2D eigenvalue weighted by Crippen LogP contribution is -2.31. The Morgan fingerprint density at radius 2 is 1.60 bits per heavy atom. The Kier molecular flexibility index (Phi) is 6.51. The summed E-state index contributed by atoms with van der Waals surface area (Å²) >= 11 is 0. The average Bonchev–Trinajstić information content (AvgIpc) is 2.66. The normalized spacial score (nSPS) is 10.1. The first kappa shape index (κ1) is 18.4. The van der Waals surface area contributed by atoms with Gasteiger partial charge in [-0.15, -0.1) is 0 Å². The second-order valence-corrected chi connectivity index (χ2v) is 5.29. The lowest BCUT2D eigenvalue weighted by atomic mass is 10.1. The first-order chi connectivity index (χ1) is 12.1. The molecule has 6 nitrogen and oxygen atoms in total. The fourth-order valence-corrected chi connectivity index (χ4v) is 2.34. The smallest absolute Gasteiger partial charge is 0.257 e. The van der Waals surface area contributed by atoms with Crippen molar-refractivity contribution in [3.63, 3.8) is 0 Å². The maximum absolute atomic E-state index is 12.6. The van der Waals surface area contributed by atoms with Crippen LogP contribution in [-0.2, 0) is 0 Å². The molecule has 2 aromatic rings. The van der Waals surface area contributed by atoms with Gasteiger partial charge >= 0.3 is 0 Å². The molecule has 0 radical (unpaired) electrons. The summed E-state index contributed by atoms with van der Waals surface area (Å²) in [5.41, 5.74) is 0.453. The standard InChI is InChI=1S/C19H23NO5/c1-20(12-13-25-15-10-8-14(22-2)9-11-15)19(21)16-6-5-7-17(23-3)18(16)24-4/h5-11H,12-13H2,1-4H3. The summed E-state index contributed by atoms with van der Waals surface area (Å²) < 4.78 is 21.3. The van der Waals surface area contributed by atoms with Crippen LogP contribution in [0.4, 0.5) is 0 Å². The predicted molar refractivity (Wildman–Crippen MR) is 95.0 cm³/mol. The molecule has 25 heavy (non-hydrogen) atoms. The molecule has 2 aromatic carbocycles. The number of hydrogen-bond acceptors (Lipinski definition) is 5. The SMILES string of the molecule is COc1ccc(OCCN(C)C(=O)c2cccc(OC)c2OC)cc1. The van der Waals surface area contributed by atoms with Gasteiger partial charge in [-0.25, -0.2) is 0 Å². The van der Waals surface area contributed by atoms with E-state index in [-0.39, 0.29) is 5.91 Å². The molecule has 6 heteroatoms. The van der Waals surface area contributed by atoms with Crippen LogP contribution in [0.5, 0.6) is 23.0 Å². The molecule has 0 atom stereocenters. The van der Waals surface area contributed by atoms with E-state index in [2.05, 4.69) is 0 Å². The van der Waals surface area contributed by atoms with Crippen LogP contribution in [0.3, 0.4) is 0 Å². The minimum atomic E-state index is -0.158. The second-order valence-electron chi connectivity index (χ2n) is 5.29. The fourth-order valence-electron chi connectivity index (χ4n) is 2.34. The molecular weight excluding hydrogens is 322 g/mol. The molecule has 0 N–H and O–H groups in total. The second kappa shape index (κ2) is 8.82. The van der Waals surface area contributed by atoms with Gasteiger partial charge in [0.1, 0.15) is 18.1 Å². The zero-order valence-electron chi connectivity index (χ0n) is 14.9. The Morgan fingerprint density at radius 3 is 2.20 bits per heavy atom. The van der Waals surface area contributed by atoms with Gasteiger partial charge in [0.05, 0.1) is 33.4 Å². The number of likely N-dealkylation sites (N-methyl/N-ethyl adjacent to an activating group) is 1. The maximum atomic E-state index is 12.6. The Labute approximate surface area is 147 Å². The lowest BCUT2D eigenvalue weighted by Gasteiger charge is -2.19. The van der Waals surface area contributed by atoms with Crippen molar-refractivity contribution in [1.82, 2.24) is 4.90 Å². The highest BCUT2D eigenvalue weighted by Gasteiger charge is 2.19. The summed E-state index contributed by atoms with van der Waals surface area (Å²) in [4.78, 5) is 14.2. The van der Waals surface area contributed by atoms with E-state index in [0.717, 1.165) is 11.5 Å². The molecule has 0 aliphatic rings. The molecule has 0 bridgehead atoms. The highest BCUT2D eigenvalue weighted by molar-refractivity contribution is 5.97. The number of amides is 1. The highest BCUT2D eigenvalue weighted by atomic mass is 16.5. The van der Waals surface area contributed by atoms with Gasteiger partial charge in [-0.1, -0.05) is 6.07 Å². The Morgan fingerprint density at radius 1 is 0.920 bits per heavy atom. The van der Waals surface area contributed by atoms with Crippen LogP contribution in [0, 0.1) is 0 Å². The molecule has 0 spiro atoms. The number of hydrogen-bond donors (Lipinski definition) is 0. The van der Waals surface area contributed by atoms with Crippen molar-refractivity contribution < 1.29 is 23.7 Å². The van der Waals surface area contributed by atoms with Crippen molar-refractivity contribution in [1.29, 1.82) is 0 Å². The van der Waals surface area contributed by atoms with Gasteiger partial charge in [-0.3, -0.25) is 4.79 Å². The van der Waals surface area contributed by atoms with Crippen LogP contribution in [0.15, 0.2) is 42.5 Å². The molecule has 0 saturated carbocycles. The minimum Gasteiger partial charge on any atom is -0.497 e. The van der Waals surface area contributed by atoms with Crippen LogP contribution in [0.1, 0.15) is 10.4 Å². The first-order valence-corrected chi connectivity index (χ1v) is 7.84. The van der Waals surface area contributed by atoms with Gasteiger partial charge < -0.3 is 23.8 Å². The van der Waals surface area contributed by atoms with Gasteiger partial charge in [0, 0.05) is 7.05 Å². The van der Waals surface area contributed by atoms with E-state index in [1.54, 1.807) is 44.4 Å². The molecule has 0 aliphatic carbocycles. The largest absolute Gasteiger partial charge is 0.497 e. The van der Waals surface area contributed by atoms with Crippen molar-refractivity contribution in [3.05, 3.63) is 48.0 Å². The summed E-state index contributed by atoms with van der Waals surface area (Å²) in [5, 5.41) is 0. The third-order valence-electron chi connectivity index (χ3n) is 3.73. The van der Waals surface area contributed by atoms with Crippen molar-refractivity contribution >= 4 is 5.91 Å². The van der Waals surface area contributed by atoms with Crippen molar-refractivity contribution in [2.45, 2.75) is 0 Å². The zero-order valence-corrected chi connectivity index (χ0v) is 14.9. The summed E-state index contributed by atoms with van der Waals surface area (Å²) in [5.74, 6) is 2.29. The average molecular weight is 345 g/mol. The topological polar surface area (TPSA) is 57.2 Å². The van der Waals surface area contributed by atoms with E-state index < -0.39 is 0 Å². The third kappa shape index (κ3) is 4.56. The van der Waals surface area contributed by atoms with Crippen molar-refractivity contribution in [2.24, 2.45) is 0 Å². The molecule has 2 rings (SSSR count). The van der Waals surface area contributed by atoms with Gasteiger partial charge in [0.25, 0.3) is 5.91 Å². The number of benzene rings is 2. The summed E-state index contributed by atoms with van der Waals surface area (Å²) in [6, 6.07) is 12.5. The number of rotatable bonds is 8. The zero-order chi connectivity index (χ0) is 18.2. The van der Waals surface area contributed by atoms with E-state index in [0.29, 0.717) is 30.2 Å². The molecule has 0 aromatic heterocycles. The van der Waals surface area contributed by atoms with Crippen LogP contribution in [0.25, 0.3) is 0 Å². The van der Waals surface area contributed by atoms with E-state index >= 15 is 0 Å². The molecule has 0 heterocycles. The summed E-state index contributed by atoms with van der Waals surface area (Å²) in [6.07, 6.45) is 0. The van der Waals surface area contributed by atoms with Crippen LogP contribution in [0.2, 0.25) is 0 Å². The summed E-state index contributed by atoms with van der Waals surface area (Å²) in [7, 11) is 6.39.